The standard InChI is InChI=1S/C22H23F2N3O3/c1-13-18(11-14-5-3-4-6-19(14)30-22(23)24)27-12-15(7-10-20(27)25-13)16-8-9-17(26-16)21(28)29-2/h3-7,10,12,16-17,22,26H,8-9,11H2,1-2H3/t16?,17-/m0/s1. The summed E-state index contributed by atoms with van der Waals surface area (Å²) in [6.07, 6.45) is 3.93. The maximum absolute atomic E-state index is 12.8. The van der Waals surface area contributed by atoms with Gasteiger partial charge in [0.1, 0.15) is 17.4 Å². The zero-order chi connectivity index (χ0) is 21.3. The van der Waals surface area contributed by atoms with Crippen LogP contribution >= 0.6 is 0 Å². The zero-order valence-electron chi connectivity index (χ0n) is 16.8. The fourth-order valence-corrected chi connectivity index (χ4v) is 4.02. The van der Waals surface area contributed by atoms with Gasteiger partial charge in [-0.05, 0) is 37.5 Å². The van der Waals surface area contributed by atoms with E-state index in [4.69, 9.17) is 4.74 Å². The molecule has 1 fully saturated rings. The lowest BCUT2D eigenvalue weighted by atomic mass is 10.1. The Morgan fingerprint density at radius 1 is 1.27 bits per heavy atom. The van der Waals surface area contributed by atoms with Crippen molar-refractivity contribution in [2.75, 3.05) is 7.11 Å². The van der Waals surface area contributed by atoms with Crippen LogP contribution in [0.4, 0.5) is 8.78 Å². The predicted molar refractivity (Wildman–Crippen MR) is 107 cm³/mol. The first-order valence-electron chi connectivity index (χ1n) is 9.80. The van der Waals surface area contributed by atoms with Crippen molar-refractivity contribution in [3.8, 4) is 5.75 Å². The number of carbonyl (C=O) groups excluding carboxylic acids is 1. The van der Waals surface area contributed by atoms with Gasteiger partial charge in [0.25, 0.3) is 0 Å². The van der Waals surface area contributed by atoms with Gasteiger partial charge >= 0.3 is 12.6 Å². The van der Waals surface area contributed by atoms with E-state index >= 15 is 0 Å². The summed E-state index contributed by atoms with van der Waals surface area (Å²) in [7, 11) is 1.39. The van der Waals surface area contributed by atoms with Crippen molar-refractivity contribution < 1.29 is 23.0 Å². The SMILES string of the molecule is COC(=O)[C@@H]1CCC(c2ccc3nc(C)c(Cc4ccccc4OC(F)F)n3c2)N1. The average Bonchev–Trinajstić information content (AvgIpc) is 3.33. The first kappa shape index (κ1) is 20.3. The highest BCUT2D eigenvalue weighted by Crippen LogP contribution is 2.29. The maximum atomic E-state index is 12.8. The first-order valence-corrected chi connectivity index (χ1v) is 9.80. The molecule has 0 amide bonds. The molecule has 4 rings (SSSR count). The van der Waals surface area contributed by atoms with Crippen LogP contribution < -0.4 is 10.1 Å². The summed E-state index contributed by atoms with van der Waals surface area (Å²) in [6, 6.07) is 10.4. The van der Waals surface area contributed by atoms with E-state index in [2.05, 4.69) is 15.0 Å². The molecule has 1 saturated heterocycles. The van der Waals surface area contributed by atoms with E-state index in [1.807, 2.05) is 29.7 Å². The largest absolute Gasteiger partial charge is 0.468 e. The average molecular weight is 415 g/mol. The number of imidazole rings is 1. The monoisotopic (exact) mass is 415 g/mol. The Labute approximate surface area is 172 Å². The molecular weight excluding hydrogens is 392 g/mol. The zero-order valence-corrected chi connectivity index (χ0v) is 16.8. The topological polar surface area (TPSA) is 64.9 Å². The van der Waals surface area contributed by atoms with Gasteiger partial charge in [0.2, 0.25) is 0 Å². The number of aromatic nitrogens is 2. The molecule has 1 N–H and O–H groups in total. The first-order chi connectivity index (χ1) is 14.5. The van der Waals surface area contributed by atoms with Crippen LogP contribution in [0.1, 0.15) is 41.4 Å². The van der Waals surface area contributed by atoms with Gasteiger partial charge in [-0.15, -0.1) is 0 Å². The lowest BCUT2D eigenvalue weighted by Gasteiger charge is -2.15. The van der Waals surface area contributed by atoms with E-state index in [0.29, 0.717) is 18.4 Å². The van der Waals surface area contributed by atoms with Crippen molar-refractivity contribution in [1.29, 1.82) is 0 Å². The third-order valence-electron chi connectivity index (χ3n) is 5.52. The molecule has 1 aliphatic rings. The van der Waals surface area contributed by atoms with Gasteiger partial charge in [-0.2, -0.15) is 8.78 Å². The van der Waals surface area contributed by atoms with Crippen LogP contribution in [0.2, 0.25) is 0 Å². The number of carbonyl (C=O) groups is 1. The lowest BCUT2D eigenvalue weighted by molar-refractivity contribution is -0.142. The van der Waals surface area contributed by atoms with E-state index in [0.717, 1.165) is 29.0 Å². The summed E-state index contributed by atoms with van der Waals surface area (Å²) in [5, 5.41) is 3.32. The van der Waals surface area contributed by atoms with Gasteiger partial charge in [0.05, 0.1) is 12.8 Å². The van der Waals surface area contributed by atoms with Crippen LogP contribution in [0, 0.1) is 6.92 Å². The third kappa shape index (κ3) is 4.00. The van der Waals surface area contributed by atoms with Gasteiger partial charge in [0.15, 0.2) is 0 Å². The molecule has 0 spiro atoms. The number of halogens is 2. The number of rotatable bonds is 6. The molecular formula is C22H23F2N3O3. The molecule has 2 atom stereocenters. The Bertz CT molecular complexity index is 1070. The minimum Gasteiger partial charge on any atom is -0.468 e. The maximum Gasteiger partial charge on any atom is 0.387 e. The number of nitrogens with one attached hydrogen (secondary N) is 1. The summed E-state index contributed by atoms with van der Waals surface area (Å²) in [4.78, 5) is 16.4. The predicted octanol–water partition coefficient (Wildman–Crippen LogP) is 3.80. The Hall–Kier alpha value is -3.00. The minimum absolute atomic E-state index is 0.0310. The van der Waals surface area contributed by atoms with Gasteiger partial charge in [-0.3, -0.25) is 10.1 Å². The number of nitrogens with zero attached hydrogens (tertiary/aromatic N) is 2. The number of methoxy groups -OCH3 is 1. The van der Waals surface area contributed by atoms with E-state index < -0.39 is 6.61 Å². The second-order valence-electron chi connectivity index (χ2n) is 7.37. The van der Waals surface area contributed by atoms with Crippen molar-refractivity contribution in [1.82, 2.24) is 14.7 Å². The van der Waals surface area contributed by atoms with E-state index in [1.54, 1.807) is 24.3 Å². The Kier molecular flexibility index (Phi) is 5.67. The van der Waals surface area contributed by atoms with Gasteiger partial charge in [-0.25, -0.2) is 4.98 Å². The van der Waals surface area contributed by atoms with E-state index in [-0.39, 0.29) is 23.8 Å². The smallest absolute Gasteiger partial charge is 0.387 e. The summed E-state index contributed by atoms with van der Waals surface area (Å²) in [6.45, 7) is -0.975. The quantitative estimate of drug-likeness (QED) is 0.621. The molecule has 0 saturated carbocycles. The Morgan fingerprint density at radius 3 is 2.83 bits per heavy atom. The normalized spacial score (nSPS) is 18.8. The van der Waals surface area contributed by atoms with Crippen LogP contribution in [-0.2, 0) is 16.0 Å². The molecule has 3 heterocycles. The summed E-state index contributed by atoms with van der Waals surface area (Å²) in [5.74, 6) is -0.0928. The molecule has 0 aliphatic carbocycles. The van der Waals surface area contributed by atoms with Gasteiger partial charge in [0, 0.05) is 29.9 Å². The van der Waals surface area contributed by atoms with Crippen LogP contribution in [0.5, 0.6) is 5.75 Å². The summed E-state index contributed by atoms with van der Waals surface area (Å²) >= 11 is 0. The molecule has 30 heavy (non-hydrogen) atoms. The number of ether oxygens (including phenoxy) is 2. The number of hydrogen-bond acceptors (Lipinski definition) is 5. The molecule has 1 unspecified atom stereocenters. The number of fused-ring (bicyclic) bond motifs is 1. The second-order valence-corrected chi connectivity index (χ2v) is 7.37. The second kappa shape index (κ2) is 8.39. The van der Waals surface area contributed by atoms with Crippen LogP contribution in [-0.4, -0.2) is 35.1 Å². The highest BCUT2D eigenvalue weighted by atomic mass is 19.3. The van der Waals surface area contributed by atoms with Gasteiger partial charge in [-0.1, -0.05) is 24.3 Å². The number of alkyl halides is 2. The minimum atomic E-state index is -2.88. The highest BCUT2D eigenvalue weighted by molar-refractivity contribution is 5.76. The van der Waals surface area contributed by atoms with Crippen molar-refractivity contribution in [2.24, 2.45) is 0 Å². The third-order valence-corrected chi connectivity index (χ3v) is 5.52. The van der Waals surface area contributed by atoms with E-state index in [1.165, 1.54) is 7.11 Å². The Balaban J connectivity index is 1.65. The molecule has 158 valence electrons. The molecule has 3 aromatic rings. The van der Waals surface area contributed by atoms with Crippen molar-refractivity contribution in [2.45, 2.75) is 44.9 Å². The highest BCUT2D eigenvalue weighted by Gasteiger charge is 2.30. The van der Waals surface area contributed by atoms with E-state index in [9.17, 15) is 13.6 Å². The van der Waals surface area contributed by atoms with Gasteiger partial charge < -0.3 is 13.9 Å². The molecule has 0 radical (unpaired) electrons. The number of pyridine rings is 1. The number of benzene rings is 1. The lowest BCUT2D eigenvalue weighted by Crippen LogP contribution is -2.33. The number of esters is 1. The van der Waals surface area contributed by atoms with Crippen LogP contribution in [0.25, 0.3) is 5.65 Å². The molecule has 1 aliphatic heterocycles. The molecule has 0 bridgehead atoms. The molecule has 1 aromatic carbocycles. The molecule has 8 heteroatoms. The Morgan fingerprint density at radius 2 is 2.07 bits per heavy atom. The van der Waals surface area contributed by atoms with Crippen molar-refractivity contribution in [3.05, 3.63) is 65.1 Å². The number of aryl methyl sites for hydroxylation is 1. The fraction of sp³-hybridized carbons (Fsp3) is 0.364. The fourth-order valence-electron chi connectivity index (χ4n) is 4.02. The van der Waals surface area contributed by atoms with Crippen LogP contribution in [0.3, 0.4) is 0 Å². The van der Waals surface area contributed by atoms with Crippen molar-refractivity contribution in [3.63, 3.8) is 0 Å². The molecule has 6 nitrogen and oxygen atoms in total. The number of hydrogen-bond donors (Lipinski definition) is 1. The van der Waals surface area contributed by atoms with Crippen LogP contribution in [0.15, 0.2) is 42.6 Å². The molecule has 2 aromatic heterocycles. The number of para-hydroxylation sites is 1. The van der Waals surface area contributed by atoms with Crippen molar-refractivity contribution >= 4 is 11.6 Å². The summed E-state index contributed by atoms with van der Waals surface area (Å²) in [5.41, 5.74) is 4.20. The summed E-state index contributed by atoms with van der Waals surface area (Å²) < 4.78 is 37.0.